The molecule has 1 aromatic rings. The molecule has 0 aliphatic rings. The van der Waals surface area contributed by atoms with Crippen LogP contribution in [0.4, 0.5) is 0 Å². The molecule has 1 heterocycles. The number of carboxylic acid groups (broad SMARTS) is 1. The largest absolute Gasteiger partial charge is 0.480 e. The van der Waals surface area contributed by atoms with Gasteiger partial charge in [-0.1, -0.05) is 11.8 Å². The maximum absolute atomic E-state index is 11.1. The topological polar surface area (TPSA) is 106 Å². The van der Waals surface area contributed by atoms with Crippen LogP contribution >= 0.6 is 0 Å². The Hall–Kier alpha value is -1.98. The molecule has 0 spiro atoms. The van der Waals surface area contributed by atoms with Crippen LogP contribution in [0.25, 0.3) is 0 Å². The van der Waals surface area contributed by atoms with Gasteiger partial charge >= 0.3 is 5.97 Å². The number of hydrogen-bond acceptors (Lipinski definition) is 6. The van der Waals surface area contributed by atoms with Crippen LogP contribution in [0.15, 0.2) is 17.6 Å². The minimum absolute atomic E-state index is 0.0415. The second kappa shape index (κ2) is 6.09. The quantitative estimate of drug-likeness (QED) is 0.439. The van der Waals surface area contributed by atoms with Crippen LogP contribution in [0.2, 0.25) is 0 Å². The number of aromatic nitrogens is 2. The molecule has 1 N–H and O–H groups in total. The van der Waals surface area contributed by atoms with Crippen molar-refractivity contribution in [3.8, 4) is 11.8 Å². The predicted octanol–water partition coefficient (Wildman–Crippen LogP) is -0.667. The van der Waals surface area contributed by atoms with Crippen molar-refractivity contribution in [2.24, 2.45) is 0 Å². The number of ether oxygens (including phenoxy) is 1. The van der Waals surface area contributed by atoms with Gasteiger partial charge in [-0.25, -0.2) is 23.2 Å². The zero-order valence-corrected chi connectivity index (χ0v) is 10.3. The summed E-state index contributed by atoms with van der Waals surface area (Å²) in [5.41, 5.74) is 0.418. The highest BCUT2D eigenvalue weighted by Gasteiger charge is 2.09. The summed E-state index contributed by atoms with van der Waals surface area (Å²) in [7, 11) is -3.42. The molecule has 18 heavy (non-hydrogen) atoms. The van der Waals surface area contributed by atoms with E-state index >= 15 is 0 Å². The second-order valence-electron chi connectivity index (χ2n) is 3.21. The Kier molecular flexibility index (Phi) is 4.76. The van der Waals surface area contributed by atoms with Crippen LogP contribution in [0, 0.1) is 11.8 Å². The van der Waals surface area contributed by atoms with Gasteiger partial charge in [-0.15, -0.1) is 0 Å². The molecule has 8 heteroatoms. The lowest BCUT2D eigenvalue weighted by Crippen LogP contribution is -2.06. The lowest BCUT2D eigenvalue weighted by Gasteiger charge is -1.95. The Bertz CT molecular complexity index is 583. The summed E-state index contributed by atoms with van der Waals surface area (Å²) in [5.74, 6) is 4.09. The van der Waals surface area contributed by atoms with E-state index in [4.69, 9.17) is 5.11 Å². The Morgan fingerprint density at radius 2 is 2.06 bits per heavy atom. The van der Waals surface area contributed by atoms with E-state index in [2.05, 4.69) is 26.5 Å². The van der Waals surface area contributed by atoms with E-state index in [-0.39, 0.29) is 11.8 Å². The van der Waals surface area contributed by atoms with Crippen LogP contribution in [0.5, 0.6) is 0 Å². The van der Waals surface area contributed by atoms with Crippen molar-refractivity contribution >= 4 is 15.8 Å². The number of carboxylic acids is 1. The zero-order valence-electron chi connectivity index (χ0n) is 9.45. The van der Waals surface area contributed by atoms with E-state index in [0.29, 0.717) is 5.56 Å². The third kappa shape index (κ3) is 4.90. The highest BCUT2D eigenvalue weighted by atomic mass is 32.2. The first kappa shape index (κ1) is 14.1. The second-order valence-corrected chi connectivity index (χ2v) is 5.12. The number of nitrogens with zero attached hydrogens (tertiary/aromatic N) is 2. The third-order valence-electron chi connectivity index (χ3n) is 1.59. The van der Waals surface area contributed by atoms with Gasteiger partial charge in [-0.2, -0.15) is 0 Å². The standard InChI is InChI=1S/C10H10N2O5S/c1-18(15,16)10-11-5-8(6-12-10)3-2-4-17-7-9(13)14/h5-6H,4,7H2,1H3,(H,13,14). The lowest BCUT2D eigenvalue weighted by atomic mass is 10.3. The maximum atomic E-state index is 11.1. The summed E-state index contributed by atoms with van der Waals surface area (Å²) in [6.07, 6.45) is 3.55. The van der Waals surface area contributed by atoms with Crippen LogP contribution < -0.4 is 0 Å². The van der Waals surface area contributed by atoms with Gasteiger partial charge in [0.05, 0.1) is 5.56 Å². The third-order valence-corrected chi connectivity index (χ3v) is 2.47. The van der Waals surface area contributed by atoms with Gasteiger partial charge in [0, 0.05) is 18.6 Å². The molecular weight excluding hydrogens is 260 g/mol. The van der Waals surface area contributed by atoms with Crippen LogP contribution in [0.3, 0.4) is 0 Å². The van der Waals surface area contributed by atoms with Crippen LogP contribution in [-0.4, -0.2) is 48.9 Å². The molecule has 0 atom stereocenters. The molecule has 0 aromatic carbocycles. The molecule has 7 nitrogen and oxygen atoms in total. The highest BCUT2D eigenvalue weighted by molar-refractivity contribution is 7.90. The minimum Gasteiger partial charge on any atom is -0.480 e. The molecule has 0 amide bonds. The molecule has 1 aromatic heterocycles. The number of hydrogen-bond donors (Lipinski definition) is 1. The first-order valence-electron chi connectivity index (χ1n) is 4.70. The van der Waals surface area contributed by atoms with Gasteiger partial charge in [-0.05, 0) is 0 Å². The fraction of sp³-hybridized carbons (Fsp3) is 0.300. The molecule has 0 bridgehead atoms. The first-order valence-corrected chi connectivity index (χ1v) is 6.59. The van der Waals surface area contributed by atoms with Crippen molar-refractivity contribution in [1.29, 1.82) is 0 Å². The molecule has 0 unspecified atom stereocenters. The highest BCUT2D eigenvalue weighted by Crippen LogP contribution is 2.00. The molecule has 0 fully saturated rings. The van der Waals surface area contributed by atoms with E-state index in [1.54, 1.807) is 0 Å². The number of carbonyl (C=O) groups is 1. The summed E-state index contributed by atoms with van der Waals surface area (Å²) < 4.78 is 26.8. The average molecular weight is 270 g/mol. The molecule has 0 saturated heterocycles. The van der Waals surface area contributed by atoms with Crippen molar-refractivity contribution in [1.82, 2.24) is 9.97 Å². The molecule has 0 aliphatic heterocycles. The Morgan fingerprint density at radius 1 is 1.44 bits per heavy atom. The number of aliphatic carboxylic acids is 1. The predicted molar refractivity (Wildman–Crippen MR) is 60.5 cm³/mol. The molecule has 0 radical (unpaired) electrons. The SMILES string of the molecule is CS(=O)(=O)c1ncc(C#CCOCC(=O)O)cn1. The molecular formula is C10H10N2O5S. The van der Waals surface area contributed by atoms with E-state index in [0.717, 1.165) is 6.26 Å². The van der Waals surface area contributed by atoms with E-state index in [9.17, 15) is 13.2 Å². The van der Waals surface area contributed by atoms with Crippen LogP contribution in [-0.2, 0) is 19.4 Å². The van der Waals surface area contributed by atoms with Gasteiger partial charge in [-0.3, -0.25) is 0 Å². The summed E-state index contributed by atoms with van der Waals surface area (Å²) >= 11 is 0. The van der Waals surface area contributed by atoms with Crippen molar-refractivity contribution < 1.29 is 23.1 Å². The van der Waals surface area contributed by atoms with Crippen molar-refractivity contribution in [2.75, 3.05) is 19.5 Å². The van der Waals surface area contributed by atoms with Crippen LogP contribution in [0.1, 0.15) is 5.56 Å². The molecule has 1 rings (SSSR count). The summed E-state index contributed by atoms with van der Waals surface area (Å²) in [5, 5.41) is 8.02. The Morgan fingerprint density at radius 3 is 2.56 bits per heavy atom. The van der Waals surface area contributed by atoms with Gasteiger partial charge in [0.25, 0.3) is 0 Å². The lowest BCUT2D eigenvalue weighted by molar-refractivity contribution is -0.141. The van der Waals surface area contributed by atoms with E-state index in [1.807, 2.05) is 0 Å². The van der Waals surface area contributed by atoms with E-state index in [1.165, 1.54) is 12.4 Å². The minimum atomic E-state index is -3.42. The number of sulfone groups is 1. The Labute approximate surface area is 104 Å². The average Bonchev–Trinajstić information content (AvgIpc) is 2.27. The number of rotatable bonds is 4. The molecule has 0 saturated carbocycles. The van der Waals surface area contributed by atoms with Gasteiger partial charge in [0.2, 0.25) is 15.0 Å². The first-order chi connectivity index (χ1) is 8.39. The van der Waals surface area contributed by atoms with Crippen molar-refractivity contribution in [3.63, 3.8) is 0 Å². The van der Waals surface area contributed by atoms with Gasteiger partial charge < -0.3 is 9.84 Å². The summed E-state index contributed by atoms with van der Waals surface area (Å²) in [6.45, 7) is -0.460. The van der Waals surface area contributed by atoms with E-state index < -0.39 is 22.4 Å². The molecule has 96 valence electrons. The Balaban J connectivity index is 2.59. The van der Waals surface area contributed by atoms with Crippen molar-refractivity contribution in [3.05, 3.63) is 18.0 Å². The zero-order chi connectivity index (χ0) is 13.6. The van der Waals surface area contributed by atoms with Gasteiger partial charge in [0.15, 0.2) is 0 Å². The smallest absolute Gasteiger partial charge is 0.329 e. The molecule has 0 aliphatic carbocycles. The maximum Gasteiger partial charge on any atom is 0.329 e. The van der Waals surface area contributed by atoms with Crippen molar-refractivity contribution in [2.45, 2.75) is 5.16 Å². The summed E-state index contributed by atoms with van der Waals surface area (Å²) in [6, 6.07) is 0. The van der Waals surface area contributed by atoms with Gasteiger partial charge in [0.1, 0.15) is 13.2 Å². The monoisotopic (exact) mass is 270 g/mol. The fourth-order valence-corrected chi connectivity index (χ4v) is 1.39. The fourth-order valence-electron chi connectivity index (χ4n) is 0.900. The normalized spacial score (nSPS) is 10.5. The summed E-state index contributed by atoms with van der Waals surface area (Å²) in [4.78, 5) is 17.4.